The lowest BCUT2D eigenvalue weighted by Gasteiger charge is -2.19. The number of nitrogens with one attached hydrogen (secondary N) is 1. The number of fused-ring (bicyclic) bond motifs is 1. The first kappa shape index (κ1) is 19.9. The molecule has 1 N–H and O–H groups in total. The van der Waals surface area contributed by atoms with Crippen LogP contribution in [0.25, 0.3) is 0 Å². The molecule has 0 fully saturated rings. The topological polar surface area (TPSA) is 46.0 Å². The van der Waals surface area contributed by atoms with Gasteiger partial charge in [0, 0.05) is 16.7 Å². The zero-order valence-corrected chi connectivity index (χ0v) is 17.9. The molecule has 0 saturated heterocycles. The highest BCUT2D eigenvalue weighted by atomic mass is 16.5. The molecule has 152 valence electrons. The normalized spacial score (nSPS) is 13.5. The summed E-state index contributed by atoms with van der Waals surface area (Å²) in [5.41, 5.74) is 9.28. The zero-order valence-electron chi connectivity index (χ0n) is 17.9. The number of amidine groups is 1. The summed E-state index contributed by atoms with van der Waals surface area (Å²) in [4.78, 5) is 4.91. The van der Waals surface area contributed by atoms with Crippen LogP contribution in [0.2, 0.25) is 0 Å². The molecule has 3 aromatic rings. The molecule has 0 spiro atoms. The first-order valence-corrected chi connectivity index (χ1v) is 10.3. The van der Waals surface area contributed by atoms with Gasteiger partial charge in [0.15, 0.2) is 5.84 Å². The molecule has 0 aliphatic carbocycles. The van der Waals surface area contributed by atoms with Gasteiger partial charge < -0.3 is 4.74 Å². The van der Waals surface area contributed by atoms with Gasteiger partial charge in [-0.15, -0.1) is 0 Å². The van der Waals surface area contributed by atoms with E-state index in [1.165, 1.54) is 5.56 Å². The minimum Gasteiger partial charge on any atom is -0.494 e. The quantitative estimate of drug-likeness (QED) is 0.603. The summed E-state index contributed by atoms with van der Waals surface area (Å²) in [6.45, 7) is 9.24. The predicted molar refractivity (Wildman–Crippen MR) is 124 cm³/mol. The monoisotopic (exact) mass is 397 g/mol. The van der Waals surface area contributed by atoms with Crippen molar-refractivity contribution in [3.63, 3.8) is 0 Å². The lowest BCUT2D eigenvalue weighted by Crippen LogP contribution is -2.20. The standard InChI is InChI=1S/C26H27N3O/c1-5-30-21-15-16-23-22(17-21)24(18-9-7-6-8-10-18)28-29-25(27-23)19-11-13-20(14-12-19)26(2,3)4/h6-17H,5H2,1-4H3,(H,27,29). The largest absolute Gasteiger partial charge is 0.494 e. The molecule has 3 aromatic carbocycles. The maximum Gasteiger partial charge on any atom is 0.154 e. The van der Waals surface area contributed by atoms with Crippen molar-refractivity contribution in [2.45, 2.75) is 33.1 Å². The van der Waals surface area contributed by atoms with E-state index in [9.17, 15) is 0 Å². The molecular formula is C26H27N3O. The molecule has 0 saturated carbocycles. The second-order valence-electron chi connectivity index (χ2n) is 8.34. The zero-order chi connectivity index (χ0) is 21.1. The third-order valence-electron chi connectivity index (χ3n) is 5.11. The molecule has 4 heteroatoms. The van der Waals surface area contributed by atoms with E-state index in [-0.39, 0.29) is 5.41 Å². The molecule has 0 unspecified atom stereocenters. The second kappa shape index (κ2) is 8.15. The second-order valence-corrected chi connectivity index (χ2v) is 8.34. The van der Waals surface area contributed by atoms with Crippen LogP contribution < -0.4 is 10.2 Å². The molecule has 30 heavy (non-hydrogen) atoms. The lowest BCUT2D eigenvalue weighted by atomic mass is 9.86. The Morgan fingerprint density at radius 3 is 2.27 bits per heavy atom. The van der Waals surface area contributed by atoms with Gasteiger partial charge in [-0.1, -0.05) is 75.4 Å². The molecule has 0 atom stereocenters. The van der Waals surface area contributed by atoms with Crippen molar-refractivity contribution in [3.8, 4) is 5.75 Å². The predicted octanol–water partition coefficient (Wildman–Crippen LogP) is 5.82. The number of hydrogen-bond donors (Lipinski definition) is 1. The van der Waals surface area contributed by atoms with E-state index in [2.05, 4.69) is 62.6 Å². The summed E-state index contributed by atoms with van der Waals surface area (Å²) in [5, 5.41) is 4.75. The van der Waals surface area contributed by atoms with Gasteiger partial charge in [-0.25, -0.2) is 4.99 Å². The highest BCUT2D eigenvalue weighted by Crippen LogP contribution is 2.30. The molecule has 0 radical (unpaired) electrons. The van der Waals surface area contributed by atoms with Gasteiger partial charge in [0.25, 0.3) is 0 Å². The number of rotatable bonds is 4. The van der Waals surface area contributed by atoms with Gasteiger partial charge in [0.05, 0.1) is 12.3 Å². The highest BCUT2D eigenvalue weighted by molar-refractivity contribution is 6.18. The van der Waals surface area contributed by atoms with Crippen molar-refractivity contribution in [2.24, 2.45) is 10.1 Å². The summed E-state index contributed by atoms with van der Waals surface area (Å²) in [6, 6.07) is 24.6. The SMILES string of the molecule is CCOc1ccc2c(c1)C(c1ccccc1)=NNC(c1ccc(C(C)(C)C)cc1)=N2. The number of hydrazone groups is 1. The molecule has 1 heterocycles. The fourth-order valence-corrected chi connectivity index (χ4v) is 3.45. The average Bonchev–Trinajstić information content (AvgIpc) is 2.93. The Kier molecular flexibility index (Phi) is 5.40. The maximum atomic E-state index is 5.73. The van der Waals surface area contributed by atoms with Crippen molar-refractivity contribution in [1.82, 2.24) is 5.43 Å². The van der Waals surface area contributed by atoms with Crippen molar-refractivity contribution in [1.29, 1.82) is 0 Å². The number of benzene rings is 3. The number of nitrogens with zero attached hydrogens (tertiary/aromatic N) is 2. The Balaban J connectivity index is 1.80. The van der Waals surface area contributed by atoms with E-state index in [4.69, 9.17) is 14.8 Å². The lowest BCUT2D eigenvalue weighted by molar-refractivity contribution is 0.340. The summed E-state index contributed by atoms with van der Waals surface area (Å²) >= 11 is 0. The van der Waals surface area contributed by atoms with E-state index >= 15 is 0 Å². The Labute approximate surface area is 178 Å². The van der Waals surface area contributed by atoms with Crippen LogP contribution in [0.3, 0.4) is 0 Å². The fourth-order valence-electron chi connectivity index (χ4n) is 3.45. The average molecular weight is 398 g/mol. The van der Waals surface area contributed by atoms with E-state index in [1.54, 1.807) is 0 Å². The van der Waals surface area contributed by atoms with Gasteiger partial charge >= 0.3 is 0 Å². The molecule has 0 bridgehead atoms. The Morgan fingerprint density at radius 2 is 1.60 bits per heavy atom. The van der Waals surface area contributed by atoms with Crippen LogP contribution in [-0.4, -0.2) is 18.2 Å². The molecule has 4 nitrogen and oxygen atoms in total. The van der Waals surface area contributed by atoms with Crippen molar-refractivity contribution < 1.29 is 4.74 Å². The van der Waals surface area contributed by atoms with Crippen LogP contribution in [0.5, 0.6) is 5.75 Å². The first-order valence-electron chi connectivity index (χ1n) is 10.3. The maximum absolute atomic E-state index is 5.73. The number of hydrogen-bond acceptors (Lipinski definition) is 4. The highest BCUT2D eigenvalue weighted by Gasteiger charge is 2.19. The molecule has 0 amide bonds. The van der Waals surface area contributed by atoms with Gasteiger partial charge in [-0.2, -0.15) is 5.10 Å². The number of ether oxygens (including phenoxy) is 1. The molecular weight excluding hydrogens is 370 g/mol. The van der Waals surface area contributed by atoms with Crippen LogP contribution in [0.4, 0.5) is 5.69 Å². The Bertz CT molecular complexity index is 1090. The molecule has 1 aliphatic rings. The molecule has 1 aliphatic heterocycles. The minimum absolute atomic E-state index is 0.109. The van der Waals surface area contributed by atoms with Crippen LogP contribution >= 0.6 is 0 Å². The van der Waals surface area contributed by atoms with Crippen molar-refractivity contribution in [2.75, 3.05) is 6.61 Å². The van der Waals surface area contributed by atoms with Gasteiger partial charge in [-0.05, 0) is 36.1 Å². The van der Waals surface area contributed by atoms with E-state index in [0.29, 0.717) is 6.61 Å². The van der Waals surface area contributed by atoms with Crippen molar-refractivity contribution >= 4 is 17.2 Å². The van der Waals surface area contributed by atoms with Crippen molar-refractivity contribution in [3.05, 3.63) is 95.1 Å². The smallest absolute Gasteiger partial charge is 0.154 e. The van der Waals surface area contributed by atoms with Gasteiger partial charge in [0.1, 0.15) is 11.5 Å². The summed E-state index contributed by atoms with van der Waals surface area (Å²) in [7, 11) is 0. The third-order valence-corrected chi connectivity index (χ3v) is 5.11. The molecule has 0 aromatic heterocycles. The molecule has 4 rings (SSSR count). The van der Waals surface area contributed by atoms with Crippen LogP contribution in [0.15, 0.2) is 82.9 Å². The van der Waals surface area contributed by atoms with Gasteiger partial charge in [0.2, 0.25) is 0 Å². The third kappa shape index (κ3) is 4.13. The van der Waals surface area contributed by atoms with E-state index in [1.807, 2.05) is 43.3 Å². The fraction of sp³-hybridized carbons (Fsp3) is 0.231. The summed E-state index contributed by atoms with van der Waals surface area (Å²) in [6.07, 6.45) is 0. The summed E-state index contributed by atoms with van der Waals surface area (Å²) < 4.78 is 5.73. The van der Waals surface area contributed by atoms with Gasteiger partial charge in [-0.3, -0.25) is 5.43 Å². The van der Waals surface area contributed by atoms with Crippen LogP contribution in [0.1, 0.15) is 49.9 Å². The Hall–Kier alpha value is -3.40. The van der Waals surface area contributed by atoms with E-state index < -0.39 is 0 Å². The Morgan fingerprint density at radius 1 is 0.867 bits per heavy atom. The van der Waals surface area contributed by atoms with E-state index in [0.717, 1.165) is 39.7 Å². The first-order chi connectivity index (χ1) is 14.5. The number of aliphatic imine (C=N–C) groups is 1. The minimum atomic E-state index is 0.109. The summed E-state index contributed by atoms with van der Waals surface area (Å²) in [5.74, 6) is 1.54. The van der Waals surface area contributed by atoms with Crippen LogP contribution in [-0.2, 0) is 5.41 Å². The van der Waals surface area contributed by atoms with Crippen LogP contribution in [0, 0.1) is 0 Å².